The third kappa shape index (κ3) is 5.00. The fraction of sp³-hybridized carbons (Fsp3) is 0.682. The number of hydrogen-bond acceptors (Lipinski definition) is 3. The molecule has 0 saturated carbocycles. The molecule has 0 bridgehead atoms. The summed E-state index contributed by atoms with van der Waals surface area (Å²) < 4.78 is 5.34. The normalized spacial score (nSPS) is 24.6. The minimum Gasteiger partial charge on any atom is -0.497 e. The topological polar surface area (TPSA) is 41.6 Å². The molecule has 0 aromatic heterocycles. The molecule has 2 aliphatic rings. The minimum atomic E-state index is 0.191. The summed E-state index contributed by atoms with van der Waals surface area (Å²) in [4.78, 5) is 15.1. The standard InChI is InChI=1S/C22H34N2O2/c1-16-6-5-11-24(14-16)15-17(2)23-22(25)13-19-8-4-7-18-12-20(26-3)9-10-21(18)19/h9-10,12,16-17,19H,4-8,11,13-15H2,1-3H3,(H,23,25)/t16-,17-,19+/m0/s1. The van der Waals surface area contributed by atoms with Crippen LogP contribution in [0.4, 0.5) is 0 Å². The SMILES string of the molecule is COc1ccc2c(c1)CCC[C@@H]2CC(=O)N[C@@H](C)CN1CCC[C@H](C)C1. The van der Waals surface area contributed by atoms with Crippen LogP contribution in [0, 0.1) is 5.92 Å². The van der Waals surface area contributed by atoms with Gasteiger partial charge in [0.1, 0.15) is 5.75 Å². The van der Waals surface area contributed by atoms with Gasteiger partial charge in [0.25, 0.3) is 0 Å². The van der Waals surface area contributed by atoms with Crippen LogP contribution in [0.5, 0.6) is 5.75 Å². The molecule has 1 heterocycles. The van der Waals surface area contributed by atoms with Crippen LogP contribution in [0.2, 0.25) is 0 Å². The zero-order chi connectivity index (χ0) is 18.5. The molecule has 1 aliphatic carbocycles. The van der Waals surface area contributed by atoms with Gasteiger partial charge in [-0.15, -0.1) is 0 Å². The van der Waals surface area contributed by atoms with Crippen molar-refractivity contribution in [2.45, 2.75) is 64.3 Å². The summed E-state index contributed by atoms with van der Waals surface area (Å²) in [6.45, 7) is 7.76. The van der Waals surface area contributed by atoms with Crippen molar-refractivity contribution in [1.82, 2.24) is 10.2 Å². The van der Waals surface area contributed by atoms with Crippen LogP contribution in [0.25, 0.3) is 0 Å². The smallest absolute Gasteiger partial charge is 0.220 e. The maximum absolute atomic E-state index is 12.6. The van der Waals surface area contributed by atoms with Gasteiger partial charge in [0, 0.05) is 25.6 Å². The van der Waals surface area contributed by atoms with E-state index < -0.39 is 0 Å². The van der Waals surface area contributed by atoms with Crippen molar-refractivity contribution in [3.05, 3.63) is 29.3 Å². The van der Waals surface area contributed by atoms with Crippen LogP contribution in [0.3, 0.4) is 0 Å². The lowest BCUT2D eigenvalue weighted by molar-refractivity contribution is -0.122. The molecular formula is C22H34N2O2. The van der Waals surface area contributed by atoms with Crippen molar-refractivity contribution in [2.24, 2.45) is 5.92 Å². The van der Waals surface area contributed by atoms with Crippen molar-refractivity contribution < 1.29 is 9.53 Å². The van der Waals surface area contributed by atoms with Gasteiger partial charge in [0.15, 0.2) is 0 Å². The molecule has 1 N–H and O–H groups in total. The molecule has 1 aliphatic heterocycles. The van der Waals surface area contributed by atoms with Crippen LogP contribution < -0.4 is 10.1 Å². The second kappa shape index (κ2) is 8.90. The van der Waals surface area contributed by atoms with E-state index in [0.29, 0.717) is 12.3 Å². The highest BCUT2D eigenvalue weighted by Gasteiger charge is 2.24. The number of methoxy groups -OCH3 is 1. The zero-order valence-corrected chi connectivity index (χ0v) is 16.6. The summed E-state index contributed by atoms with van der Waals surface area (Å²) in [5.41, 5.74) is 2.69. The van der Waals surface area contributed by atoms with E-state index in [4.69, 9.17) is 4.74 Å². The molecular weight excluding hydrogens is 324 g/mol. The number of piperidine rings is 1. The Hall–Kier alpha value is -1.55. The first-order valence-corrected chi connectivity index (χ1v) is 10.2. The summed E-state index contributed by atoms with van der Waals surface area (Å²) in [5.74, 6) is 2.23. The lowest BCUT2D eigenvalue weighted by Gasteiger charge is -2.33. The van der Waals surface area contributed by atoms with Crippen LogP contribution in [-0.4, -0.2) is 43.6 Å². The van der Waals surface area contributed by atoms with Gasteiger partial charge < -0.3 is 15.0 Å². The Bertz CT molecular complexity index is 616. The van der Waals surface area contributed by atoms with Crippen molar-refractivity contribution in [3.8, 4) is 5.75 Å². The highest BCUT2D eigenvalue weighted by molar-refractivity contribution is 5.77. The molecule has 0 unspecified atom stereocenters. The van der Waals surface area contributed by atoms with E-state index >= 15 is 0 Å². The number of rotatable bonds is 6. The molecule has 1 aromatic rings. The highest BCUT2D eigenvalue weighted by atomic mass is 16.5. The lowest BCUT2D eigenvalue weighted by Crippen LogP contribution is -2.45. The van der Waals surface area contributed by atoms with Crippen LogP contribution >= 0.6 is 0 Å². The van der Waals surface area contributed by atoms with E-state index in [9.17, 15) is 4.79 Å². The van der Waals surface area contributed by atoms with E-state index in [2.05, 4.69) is 36.2 Å². The fourth-order valence-electron chi connectivity index (χ4n) is 4.67. The molecule has 1 fully saturated rings. The van der Waals surface area contributed by atoms with Crippen LogP contribution in [0.15, 0.2) is 18.2 Å². The third-order valence-corrected chi connectivity index (χ3v) is 5.90. The Morgan fingerprint density at radius 2 is 2.19 bits per heavy atom. The van der Waals surface area contributed by atoms with Gasteiger partial charge >= 0.3 is 0 Å². The van der Waals surface area contributed by atoms with Crippen molar-refractivity contribution in [3.63, 3.8) is 0 Å². The minimum absolute atomic E-state index is 0.191. The number of carbonyl (C=O) groups excluding carboxylic acids is 1. The number of nitrogens with zero attached hydrogens (tertiary/aromatic N) is 1. The number of nitrogens with one attached hydrogen (secondary N) is 1. The molecule has 1 aromatic carbocycles. The van der Waals surface area contributed by atoms with Gasteiger partial charge in [-0.05, 0) is 80.7 Å². The average molecular weight is 359 g/mol. The monoisotopic (exact) mass is 358 g/mol. The number of hydrogen-bond donors (Lipinski definition) is 1. The third-order valence-electron chi connectivity index (χ3n) is 5.90. The second-order valence-corrected chi connectivity index (χ2v) is 8.33. The average Bonchev–Trinajstić information content (AvgIpc) is 2.61. The molecule has 144 valence electrons. The number of amides is 1. The summed E-state index contributed by atoms with van der Waals surface area (Å²) in [5, 5.41) is 3.24. The van der Waals surface area contributed by atoms with Crippen molar-refractivity contribution >= 4 is 5.91 Å². The van der Waals surface area contributed by atoms with Gasteiger partial charge in [-0.25, -0.2) is 0 Å². The number of likely N-dealkylation sites (tertiary alicyclic amines) is 1. The Morgan fingerprint density at radius 1 is 1.35 bits per heavy atom. The predicted octanol–water partition coefficient (Wildman–Crippen LogP) is 3.74. The molecule has 1 saturated heterocycles. The number of ether oxygens (including phenoxy) is 1. The first-order valence-electron chi connectivity index (χ1n) is 10.2. The molecule has 26 heavy (non-hydrogen) atoms. The second-order valence-electron chi connectivity index (χ2n) is 8.33. The maximum Gasteiger partial charge on any atom is 0.220 e. The van der Waals surface area contributed by atoms with Gasteiger partial charge in [0.05, 0.1) is 7.11 Å². The Morgan fingerprint density at radius 3 is 2.96 bits per heavy atom. The number of benzene rings is 1. The number of carbonyl (C=O) groups is 1. The van der Waals surface area contributed by atoms with Crippen LogP contribution in [0.1, 0.15) is 63.0 Å². The van der Waals surface area contributed by atoms with Gasteiger partial charge in [-0.1, -0.05) is 13.0 Å². The van der Waals surface area contributed by atoms with Crippen molar-refractivity contribution in [2.75, 3.05) is 26.7 Å². The van der Waals surface area contributed by atoms with Gasteiger partial charge in [0.2, 0.25) is 5.91 Å². The van der Waals surface area contributed by atoms with E-state index in [1.807, 2.05) is 6.07 Å². The quantitative estimate of drug-likeness (QED) is 0.842. The molecule has 4 heteroatoms. The van der Waals surface area contributed by atoms with E-state index in [-0.39, 0.29) is 11.9 Å². The summed E-state index contributed by atoms with van der Waals surface area (Å²) in [7, 11) is 1.71. The summed E-state index contributed by atoms with van der Waals surface area (Å²) in [6, 6.07) is 6.53. The van der Waals surface area contributed by atoms with E-state index in [0.717, 1.165) is 44.0 Å². The van der Waals surface area contributed by atoms with E-state index in [1.54, 1.807) is 7.11 Å². The molecule has 1 amide bonds. The van der Waals surface area contributed by atoms with Crippen molar-refractivity contribution in [1.29, 1.82) is 0 Å². The zero-order valence-electron chi connectivity index (χ0n) is 16.6. The first-order chi connectivity index (χ1) is 12.5. The number of aryl methyl sites for hydroxylation is 1. The Kier molecular flexibility index (Phi) is 6.58. The van der Waals surface area contributed by atoms with Gasteiger partial charge in [-0.2, -0.15) is 0 Å². The molecule has 3 atom stereocenters. The van der Waals surface area contributed by atoms with E-state index in [1.165, 1.54) is 30.5 Å². The molecule has 4 nitrogen and oxygen atoms in total. The maximum atomic E-state index is 12.6. The van der Waals surface area contributed by atoms with Crippen LogP contribution in [-0.2, 0) is 11.2 Å². The fourth-order valence-corrected chi connectivity index (χ4v) is 4.67. The highest BCUT2D eigenvalue weighted by Crippen LogP contribution is 2.35. The first kappa shape index (κ1) is 19.2. The molecule has 3 rings (SSSR count). The van der Waals surface area contributed by atoms with Gasteiger partial charge in [-0.3, -0.25) is 4.79 Å². The largest absolute Gasteiger partial charge is 0.497 e. The molecule has 0 radical (unpaired) electrons. The summed E-state index contributed by atoms with van der Waals surface area (Å²) >= 11 is 0. The lowest BCUT2D eigenvalue weighted by atomic mass is 9.81. The Balaban J connectivity index is 1.52. The number of fused-ring (bicyclic) bond motifs is 1. The molecule has 0 spiro atoms. The summed E-state index contributed by atoms with van der Waals surface area (Å²) in [6.07, 6.45) is 6.56. The Labute approximate surface area is 158 Å². The predicted molar refractivity (Wildman–Crippen MR) is 106 cm³/mol.